The van der Waals surface area contributed by atoms with E-state index in [0.717, 1.165) is 31.4 Å². The van der Waals surface area contributed by atoms with Crippen molar-refractivity contribution in [2.75, 3.05) is 31.1 Å². The van der Waals surface area contributed by atoms with E-state index in [0.29, 0.717) is 6.04 Å². The van der Waals surface area contributed by atoms with Crippen molar-refractivity contribution in [3.05, 3.63) is 24.0 Å². The van der Waals surface area contributed by atoms with Crippen LogP contribution >= 0.6 is 0 Å². The molecule has 1 aromatic rings. The summed E-state index contributed by atoms with van der Waals surface area (Å²) in [5.74, 6) is 0. The Hall–Kier alpha value is -1.13. The van der Waals surface area contributed by atoms with Gasteiger partial charge in [0.15, 0.2) is 0 Å². The van der Waals surface area contributed by atoms with E-state index in [4.69, 9.17) is 0 Å². The highest BCUT2D eigenvalue weighted by Gasteiger charge is 2.31. The van der Waals surface area contributed by atoms with Crippen LogP contribution in [0, 0.1) is 0 Å². The molecule has 0 amide bonds. The van der Waals surface area contributed by atoms with Crippen molar-refractivity contribution in [3.8, 4) is 0 Å². The third kappa shape index (κ3) is 3.49. The van der Waals surface area contributed by atoms with E-state index >= 15 is 0 Å². The summed E-state index contributed by atoms with van der Waals surface area (Å²) in [5.41, 5.74) is 2.47. The van der Waals surface area contributed by atoms with Gasteiger partial charge < -0.3 is 10.2 Å². The van der Waals surface area contributed by atoms with Gasteiger partial charge in [-0.1, -0.05) is 13.8 Å². The van der Waals surface area contributed by atoms with Gasteiger partial charge in [0.1, 0.15) is 0 Å². The Morgan fingerprint density at radius 2 is 2.00 bits per heavy atom. The smallest absolute Gasteiger partial charge is 0.0562 e. The van der Waals surface area contributed by atoms with E-state index in [9.17, 15) is 0 Å². The quantitative estimate of drug-likeness (QED) is 0.888. The lowest BCUT2D eigenvalue weighted by molar-refractivity contribution is 0.248. The third-order valence-corrected chi connectivity index (χ3v) is 4.23. The van der Waals surface area contributed by atoms with Crippen LogP contribution in [0.25, 0.3) is 0 Å². The molecule has 4 heteroatoms. The lowest BCUT2D eigenvalue weighted by Crippen LogP contribution is -2.47. The van der Waals surface area contributed by atoms with Crippen LogP contribution in [-0.2, 0) is 6.54 Å². The number of pyridine rings is 1. The Kier molecular flexibility index (Phi) is 4.22. The number of anilines is 1. The fourth-order valence-corrected chi connectivity index (χ4v) is 2.85. The Morgan fingerprint density at radius 1 is 1.25 bits per heavy atom. The van der Waals surface area contributed by atoms with Crippen LogP contribution < -0.4 is 10.2 Å². The maximum Gasteiger partial charge on any atom is 0.0562 e. The molecule has 1 saturated carbocycles. The lowest BCUT2D eigenvalue weighted by Gasteiger charge is -2.36. The molecule has 0 aromatic carbocycles. The SMILES string of the molecule is CC(C)NCc1cc(N2CCN(C3CC3)CC2)ccn1. The first kappa shape index (κ1) is 13.8. The minimum atomic E-state index is 0.502. The molecule has 2 aliphatic rings. The first-order valence-electron chi connectivity index (χ1n) is 7.89. The van der Waals surface area contributed by atoms with Crippen molar-refractivity contribution in [3.63, 3.8) is 0 Å². The van der Waals surface area contributed by atoms with Gasteiger partial charge in [0, 0.05) is 56.7 Å². The zero-order valence-corrected chi connectivity index (χ0v) is 12.7. The molecule has 0 unspecified atom stereocenters. The van der Waals surface area contributed by atoms with Gasteiger partial charge in [0.25, 0.3) is 0 Å². The van der Waals surface area contributed by atoms with E-state index < -0.39 is 0 Å². The standard InChI is InChI=1S/C16H26N4/c1-13(2)18-12-14-11-16(5-6-17-14)20-9-7-19(8-10-20)15-3-4-15/h5-6,11,13,15,18H,3-4,7-10,12H2,1-2H3. The second-order valence-electron chi connectivity index (χ2n) is 6.30. The van der Waals surface area contributed by atoms with Gasteiger partial charge in [0.05, 0.1) is 5.69 Å². The summed E-state index contributed by atoms with van der Waals surface area (Å²) in [5, 5.41) is 3.43. The molecule has 20 heavy (non-hydrogen) atoms. The predicted octanol–water partition coefficient (Wildman–Crippen LogP) is 1.86. The molecule has 1 aliphatic heterocycles. The van der Waals surface area contributed by atoms with Gasteiger partial charge in [-0.3, -0.25) is 9.88 Å². The summed E-state index contributed by atoms with van der Waals surface area (Å²) < 4.78 is 0. The maximum atomic E-state index is 4.46. The summed E-state index contributed by atoms with van der Waals surface area (Å²) in [6, 6.07) is 5.79. The zero-order valence-electron chi connectivity index (χ0n) is 12.7. The van der Waals surface area contributed by atoms with E-state index in [1.54, 1.807) is 0 Å². The van der Waals surface area contributed by atoms with Crippen molar-refractivity contribution < 1.29 is 0 Å². The van der Waals surface area contributed by atoms with Crippen LogP contribution in [-0.4, -0.2) is 48.1 Å². The number of aromatic nitrogens is 1. The monoisotopic (exact) mass is 274 g/mol. The van der Waals surface area contributed by atoms with Crippen LogP contribution in [0.5, 0.6) is 0 Å². The highest BCUT2D eigenvalue weighted by atomic mass is 15.3. The second kappa shape index (κ2) is 6.10. The van der Waals surface area contributed by atoms with Crippen LogP contribution in [0.15, 0.2) is 18.3 Å². The topological polar surface area (TPSA) is 31.4 Å². The van der Waals surface area contributed by atoms with Gasteiger partial charge in [-0.25, -0.2) is 0 Å². The number of rotatable bonds is 5. The molecule has 2 heterocycles. The van der Waals surface area contributed by atoms with Crippen LogP contribution in [0.1, 0.15) is 32.4 Å². The number of hydrogen-bond donors (Lipinski definition) is 1. The van der Waals surface area contributed by atoms with Crippen LogP contribution in [0.4, 0.5) is 5.69 Å². The zero-order chi connectivity index (χ0) is 13.9. The van der Waals surface area contributed by atoms with Crippen LogP contribution in [0.2, 0.25) is 0 Å². The second-order valence-corrected chi connectivity index (χ2v) is 6.30. The summed E-state index contributed by atoms with van der Waals surface area (Å²) in [7, 11) is 0. The van der Waals surface area contributed by atoms with Crippen molar-refractivity contribution in [2.24, 2.45) is 0 Å². The highest BCUT2D eigenvalue weighted by molar-refractivity contribution is 5.47. The predicted molar refractivity (Wildman–Crippen MR) is 83.0 cm³/mol. The molecular formula is C16H26N4. The third-order valence-electron chi connectivity index (χ3n) is 4.23. The van der Waals surface area contributed by atoms with Crippen molar-refractivity contribution in [1.29, 1.82) is 0 Å². The van der Waals surface area contributed by atoms with Gasteiger partial charge in [0.2, 0.25) is 0 Å². The normalized spacial score (nSPS) is 20.6. The van der Waals surface area contributed by atoms with E-state index in [2.05, 4.69) is 46.1 Å². The van der Waals surface area contributed by atoms with Gasteiger partial charge >= 0.3 is 0 Å². The Morgan fingerprint density at radius 3 is 2.65 bits per heavy atom. The fraction of sp³-hybridized carbons (Fsp3) is 0.688. The van der Waals surface area contributed by atoms with E-state index in [1.807, 2.05) is 6.20 Å². The Balaban J connectivity index is 1.57. The lowest BCUT2D eigenvalue weighted by atomic mass is 10.2. The summed E-state index contributed by atoms with van der Waals surface area (Å²) in [4.78, 5) is 9.61. The Bertz CT molecular complexity index is 434. The number of piperazine rings is 1. The summed E-state index contributed by atoms with van der Waals surface area (Å²) >= 11 is 0. The minimum Gasteiger partial charge on any atom is -0.369 e. The molecular weight excluding hydrogens is 248 g/mol. The highest BCUT2D eigenvalue weighted by Crippen LogP contribution is 2.28. The first-order chi connectivity index (χ1) is 9.72. The molecule has 3 rings (SSSR count). The maximum absolute atomic E-state index is 4.46. The Labute approximate surface area is 122 Å². The molecule has 1 aromatic heterocycles. The van der Waals surface area contributed by atoms with Gasteiger partial charge in [-0.05, 0) is 25.0 Å². The summed E-state index contributed by atoms with van der Waals surface area (Å²) in [6.07, 6.45) is 4.78. The fourth-order valence-electron chi connectivity index (χ4n) is 2.85. The van der Waals surface area contributed by atoms with Gasteiger partial charge in [-0.15, -0.1) is 0 Å². The first-order valence-corrected chi connectivity index (χ1v) is 7.89. The van der Waals surface area contributed by atoms with Crippen molar-refractivity contribution in [2.45, 2.75) is 45.3 Å². The largest absolute Gasteiger partial charge is 0.369 e. The molecule has 1 aliphatic carbocycles. The average Bonchev–Trinajstić information content (AvgIpc) is 3.30. The molecule has 0 atom stereocenters. The van der Waals surface area contributed by atoms with Crippen molar-refractivity contribution >= 4 is 5.69 Å². The molecule has 0 bridgehead atoms. The number of hydrogen-bond acceptors (Lipinski definition) is 4. The number of nitrogens with zero attached hydrogens (tertiary/aromatic N) is 3. The van der Waals surface area contributed by atoms with E-state index in [1.165, 1.54) is 31.6 Å². The molecule has 0 radical (unpaired) electrons. The summed E-state index contributed by atoms with van der Waals surface area (Å²) in [6.45, 7) is 9.92. The molecule has 110 valence electrons. The average molecular weight is 274 g/mol. The minimum absolute atomic E-state index is 0.502. The molecule has 4 nitrogen and oxygen atoms in total. The molecule has 0 spiro atoms. The molecule has 1 N–H and O–H groups in total. The van der Waals surface area contributed by atoms with Gasteiger partial charge in [-0.2, -0.15) is 0 Å². The molecule has 2 fully saturated rings. The van der Waals surface area contributed by atoms with Crippen molar-refractivity contribution in [1.82, 2.24) is 15.2 Å². The molecule has 1 saturated heterocycles. The number of nitrogens with one attached hydrogen (secondary N) is 1. The van der Waals surface area contributed by atoms with E-state index in [-0.39, 0.29) is 0 Å². The van der Waals surface area contributed by atoms with Crippen LogP contribution in [0.3, 0.4) is 0 Å².